The Morgan fingerprint density at radius 3 is 2.81 bits per heavy atom. The first kappa shape index (κ1) is 14.0. The molecule has 112 valence electrons. The summed E-state index contributed by atoms with van der Waals surface area (Å²) in [5, 5.41) is 4.01. The average Bonchev–Trinajstić information content (AvgIpc) is 3.05. The van der Waals surface area contributed by atoms with Crippen molar-refractivity contribution >= 4 is 5.82 Å². The first-order valence-electron chi connectivity index (χ1n) is 7.52. The highest BCUT2D eigenvalue weighted by atomic mass is 16.5. The van der Waals surface area contributed by atoms with Gasteiger partial charge in [0.25, 0.3) is 0 Å². The third-order valence-electron chi connectivity index (χ3n) is 4.64. The van der Waals surface area contributed by atoms with Crippen molar-refractivity contribution < 1.29 is 9.26 Å². The number of aryl methyl sites for hydroxylation is 1. The van der Waals surface area contributed by atoms with Gasteiger partial charge in [0, 0.05) is 5.92 Å². The second-order valence-electron chi connectivity index (χ2n) is 6.01. The number of hydrogen-bond donors (Lipinski definition) is 1. The van der Waals surface area contributed by atoms with Crippen LogP contribution in [0.15, 0.2) is 22.7 Å². The van der Waals surface area contributed by atoms with Gasteiger partial charge in [-0.15, -0.1) is 0 Å². The van der Waals surface area contributed by atoms with Gasteiger partial charge in [0.2, 0.25) is 0 Å². The summed E-state index contributed by atoms with van der Waals surface area (Å²) in [5.41, 5.74) is 9.13. The minimum absolute atomic E-state index is 0.414. The Kier molecular flexibility index (Phi) is 3.62. The van der Waals surface area contributed by atoms with Crippen molar-refractivity contribution in [2.45, 2.75) is 39.0 Å². The standard InChI is InChI=1S/C17H22N2O2/c1-10-5-4-6-13(10)16-15(17(18)19-21-16)12-8-7-11(2)14(9-12)20-3/h7-10,13H,4-6H2,1-3H3,(H2,18,19). The van der Waals surface area contributed by atoms with Crippen LogP contribution in [0.5, 0.6) is 5.75 Å². The lowest BCUT2D eigenvalue weighted by Crippen LogP contribution is -2.03. The maximum atomic E-state index is 6.07. The van der Waals surface area contributed by atoms with E-state index in [0.717, 1.165) is 34.6 Å². The van der Waals surface area contributed by atoms with Gasteiger partial charge in [-0.05, 0) is 42.9 Å². The fraction of sp³-hybridized carbons (Fsp3) is 0.471. The van der Waals surface area contributed by atoms with Crippen LogP contribution in [0.3, 0.4) is 0 Å². The first-order valence-corrected chi connectivity index (χ1v) is 7.52. The monoisotopic (exact) mass is 286 g/mol. The van der Waals surface area contributed by atoms with Gasteiger partial charge in [-0.25, -0.2) is 0 Å². The molecule has 21 heavy (non-hydrogen) atoms. The van der Waals surface area contributed by atoms with Gasteiger partial charge in [0.15, 0.2) is 5.82 Å². The fourth-order valence-corrected chi connectivity index (χ4v) is 3.37. The number of nitrogen functional groups attached to an aromatic ring is 1. The lowest BCUT2D eigenvalue weighted by Gasteiger charge is -2.14. The molecule has 4 nitrogen and oxygen atoms in total. The van der Waals surface area contributed by atoms with Gasteiger partial charge < -0.3 is 15.0 Å². The van der Waals surface area contributed by atoms with E-state index in [9.17, 15) is 0 Å². The maximum absolute atomic E-state index is 6.07. The van der Waals surface area contributed by atoms with Gasteiger partial charge in [-0.1, -0.05) is 30.6 Å². The fourth-order valence-electron chi connectivity index (χ4n) is 3.37. The van der Waals surface area contributed by atoms with Crippen LogP contribution in [0.25, 0.3) is 11.1 Å². The zero-order chi connectivity index (χ0) is 15.0. The van der Waals surface area contributed by atoms with Crippen molar-refractivity contribution in [2.24, 2.45) is 5.92 Å². The summed E-state index contributed by atoms with van der Waals surface area (Å²) in [5.74, 6) is 3.29. The Bertz CT molecular complexity index is 648. The summed E-state index contributed by atoms with van der Waals surface area (Å²) >= 11 is 0. The molecule has 1 heterocycles. The van der Waals surface area contributed by atoms with Gasteiger partial charge >= 0.3 is 0 Å². The summed E-state index contributed by atoms with van der Waals surface area (Å²) in [6, 6.07) is 6.12. The van der Waals surface area contributed by atoms with Crippen molar-refractivity contribution in [1.82, 2.24) is 5.16 Å². The van der Waals surface area contributed by atoms with Gasteiger partial charge in [-0.2, -0.15) is 0 Å². The van der Waals surface area contributed by atoms with E-state index in [0.29, 0.717) is 17.7 Å². The van der Waals surface area contributed by atoms with Gasteiger partial charge in [-0.3, -0.25) is 0 Å². The number of aromatic nitrogens is 1. The summed E-state index contributed by atoms with van der Waals surface area (Å²) in [4.78, 5) is 0. The summed E-state index contributed by atoms with van der Waals surface area (Å²) < 4.78 is 11.0. The van der Waals surface area contributed by atoms with Crippen molar-refractivity contribution in [3.8, 4) is 16.9 Å². The Balaban J connectivity index is 2.08. The molecule has 1 aromatic carbocycles. The molecule has 2 unspecified atom stereocenters. The van der Waals surface area contributed by atoms with Crippen LogP contribution in [0.2, 0.25) is 0 Å². The van der Waals surface area contributed by atoms with Gasteiger partial charge in [0.1, 0.15) is 11.5 Å². The predicted molar refractivity (Wildman–Crippen MR) is 83.4 cm³/mol. The third kappa shape index (κ3) is 2.39. The van der Waals surface area contributed by atoms with E-state index < -0.39 is 0 Å². The van der Waals surface area contributed by atoms with Crippen molar-refractivity contribution in [1.29, 1.82) is 0 Å². The van der Waals surface area contributed by atoms with Crippen LogP contribution in [-0.2, 0) is 0 Å². The quantitative estimate of drug-likeness (QED) is 0.921. The number of nitrogens with two attached hydrogens (primary N) is 1. The third-order valence-corrected chi connectivity index (χ3v) is 4.64. The Morgan fingerprint density at radius 1 is 1.33 bits per heavy atom. The lowest BCUT2D eigenvalue weighted by molar-refractivity contribution is 0.341. The van der Waals surface area contributed by atoms with Crippen LogP contribution < -0.4 is 10.5 Å². The van der Waals surface area contributed by atoms with Crippen LogP contribution in [0.4, 0.5) is 5.82 Å². The van der Waals surface area contributed by atoms with Crippen molar-refractivity contribution in [2.75, 3.05) is 12.8 Å². The number of hydrogen-bond acceptors (Lipinski definition) is 4. The first-order chi connectivity index (χ1) is 10.1. The summed E-state index contributed by atoms with van der Waals surface area (Å²) in [7, 11) is 1.68. The van der Waals surface area contributed by atoms with E-state index in [1.807, 2.05) is 19.1 Å². The highest BCUT2D eigenvalue weighted by Crippen LogP contribution is 2.45. The molecule has 3 rings (SSSR count). The van der Waals surface area contributed by atoms with Crippen LogP contribution in [-0.4, -0.2) is 12.3 Å². The SMILES string of the molecule is COc1cc(-c2c(N)noc2C2CCCC2C)ccc1C. The Hall–Kier alpha value is -1.97. The van der Waals surface area contributed by atoms with Crippen molar-refractivity contribution in [3.63, 3.8) is 0 Å². The molecular formula is C17H22N2O2. The molecule has 0 amide bonds. The molecule has 1 fully saturated rings. The van der Waals surface area contributed by atoms with E-state index >= 15 is 0 Å². The molecular weight excluding hydrogens is 264 g/mol. The molecule has 2 atom stereocenters. The molecule has 0 radical (unpaired) electrons. The molecule has 0 spiro atoms. The number of anilines is 1. The molecule has 0 aliphatic heterocycles. The molecule has 1 aromatic heterocycles. The molecule has 0 saturated heterocycles. The smallest absolute Gasteiger partial charge is 0.175 e. The molecule has 1 aliphatic carbocycles. The number of ether oxygens (including phenoxy) is 1. The predicted octanol–water partition coefficient (Wildman–Crippen LogP) is 4.14. The van der Waals surface area contributed by atoms with Gasteiger partial charge in [0.05, 0.1) is 12.7 Å². The van der Waals surface area contributed by atoms with E-state index in [4.69, 9.17) is 15.0 Å². The van der Waals surface area contributed by atoms with Crippen LogP contribution >= 0.6 is 0 Å². The molecule has 2 aromatic rings. The highest BCUT2D eigenvalue weighted by Gasteiger charge is 2.32. The molecule has 1 saturated carbocycles. The number of benzene rings is 1. The summed E-state index contributed by atoms with van der Waals surface area (Å²) in [6.45, 7) is 4.30. The highest BCUT2D eigenvalue weighted by molar-refractivity contribution is 5.77. The van der Waals surface area contributed by atoms with E-state index in [1.165, 1.54) is 12.8 Å². The molecule has 2 N–H and O–H groups in total. The largest absolute Gasteiger partial charge is 0.496 e. The normalized spacial score (nSPS) is 21.7. The zero-order valence-corrected chi connectivity index (χ0v) is 12.8. The number of rotatable bonds is 3. The van der Waals surface area contributed by atoms with E-state index in [-0.39, 0.29) is 0 Å². The second kappa shape index (κ2) is 5.43. The Labute approximate surface area is 125 Å². The minimum atomic E-state index is 0.414. The van der Waals surface area contributed by atoms with Crippen molar-refractivity contribution in [3.05, 3.63) is 29.5 Å². The van der Waals surface area contributed by atoms with Crippen LogP contribution in [0, 0.1) is 12.8 Å². The van der Waals surface area contributed by atoms with E-state index in [2.05, 4.69) is 18.1 Å². The number of nitrogens with zero attached hydrogens (tertiary/aromatic N) is 1. The molecule has 1 aliphatic rings. The van der Waals surface area contributed by atoms with E-state index in [1.54, 1.807) is 7.11 Å². The summed E-state index contributed by atoms with van der Waals surface area (Å²) in [6.07, 6.45) is 3.62. The second-order valence-corrected chi connectivity index (χ2v) is 6.01. The lowest BCUT2D eigenvalue weighted by atomic mass is 9.90. The molecule has 0 bridgehead atoms. The van der Waals surface area contributed by atoms with Crippen LogP contribution in [0.1, 0.15) is 43.4 Å². The number of methoxy groups -OCH3 is 1. The average molecular weight is 286 g/mol. The maximum Gasteiger partial charge on any atom is 0.175 e. The minimum Gasteiger partial charge on any atom is -0.496 e. The molecule has 4 heteroatoms. The Morgan fingerprint density at radius 2 is 2.14 bits per heavy atom. The topological polar surface area (TPSA) is 61.3 Å². The zero-order valence-electron chi connectivity index (χ0n) is 12.8.